The average molecular weight is 532 g/mol. The molecular formula is C24H19Cl2N3O3S2. The van der Waals surface area contributed by atoms with Crippen molar-refractivity contribution in [1.82, 2.24) is 14.8 Å². The smallest absolute Gasteiger partial charge is 0.265 e. The first kappa shape index (κ1) is 22.1. The lowest BCUT2D eigenvalue weighted by atomic mass is 10.2. The summed E-state index contributed by atoms with van der Waals surface area (Å²) in [7, 11) is 0. The van der Waals surface area contributed by atoms with Gasteiger partial charge in [-0.3, -0.25) is 9.69 Å². The van der Waals surface area contributed by atoms with Gasteiger partial charge in [-0.1, -0.05) is 29.3 Å². The molecule has 4 heterocycles. The van der Waals surface area contributed by atoms with Crippen LogP contribution in [0.4, 0.5) is 0 Å². The normalized spacial score (nSPS) is 15.9. The summed E-state index contributed by atoms with van der Waals surface area (Å²) in [5, 5.41) is 5.09. The van der Waals surface area contributed by atoms with Crippen LogP contribution < -0.4 is 9.47 Å². The summed E-state index contributed by atoms with van der Waals surface area (Å²) in [6.45, 7) is 3.91. The Labute approximate surface area is 214 Å². The molecule has 0 saturated carbocycles. The molecule has 1 saturated heterocycles. The molecule has 174 valence electrons. The van der Waals surface area contributed by atoms with E-state index < -0.39 is 0 Å². The van der Waals surface area contributed by atoms with Gasteiger partial charge in [-0.15, -0.1) is 22.7 Å². The predicted octanol–water partition coefficient (Wildman–Crippen LogP) is 6.02. The third kappa shape index (κ3) is 4.14. The van der Waals surface area contributed by atoms with Gasteiger partial charge in [-0.05, 0) is 30.3 Å². The van der Waals surface area contributed by atoms with Crippen LogP contribution in [-0.4, -0.2) is 53.7 Å². The molecule has 0 radical (unpaired) electrons. The van der Waals surface area contributed by atoms with Gasteiger partial charge in [0.15, 0.2) is 11.5 Å². The molecule has 2 aromatic heterocycles. The van der Waals surface area contributed by atoms with Crippen LogP contribution in [0, 0.1) is 0 Å². The van der Waals surface area contributed by atoms with Crippen LogP contribution >= 0.6 is 45.9 Å². The third-order valence-electron chi connectivity index (χ3n) is 6.00. The summed E-state index contributed by atoms with van der Waals surface area (Å²) in [5.41, 5.74) is 2.05. The second-order valence-electron chi connectivity index (χ2n) is 8.17. The second kappa shape index (κ2) is 9.02. The van der Waals surface area contributed by atoms with Crippen LogP contribution in [0.3, 0.4) is 0 Å². The SMILES string of the molecule is O=C(c1sc2cc(Cl)ccc2c1Cl)N1CCN(Cc2csc(-c3ccc4c(c3)OCO4)n2)CC1. The Kier molecular flexibility index (Phi) is 5.87. The van der Waals surface area contributed by atoms with E-state index >= 15 is 0 Å². The number of rotatable bonds is 4. The van der Waals surface area contributed by atoms with Gasteiger partial charge in [-0.25, -0.2) is 4.98 Å². The minimum Gasteiger partial charge on any atom is -0.454 e. The van der Waals surface area contributed by atoms with Crippen molar-refractivity contribution in [1.29, 1.82) is 0 Å². The van der Waals surface area contributed by atoms with Crippen molar-refractivity contribution in [2.75, 3.05) is 33.0 Å². The molecule has 34 heavy (non-hydrogen) atoms. The van der Waals surface area contributed by atoms with Crippen LogP contribution in [-0.2, 0) is 6.54 Å². The van der Waals surface area contributed by atoms with Crippen molar-refractivity contribution in [2.24, 2.45) is 0 Å². The molecule has 6 rings (SSSR count). The maximum Gasteiger partial charge on any atom is 0.265 e. The van der Waals surface area contributed by atoms with E-state index in [-0.39, 0.29) is 12.7 Å². The molecule has 0 spiro atoms. The van der Waals surface area contributed by atoms with Crippen LogP contribution in [0.2, 0.25) is 10.0 Å². The molecule has 0 unspecified atom stereocenters. The lowest BCUT2D eigenvalue weighted by Crippen LogP contribution is -2.48. The van der Waals surface area contributed by atoms with E-state index in [2.05, 4.69) is 10.3 Å². The minimum atomic E-state index is -0.0132. The molecule has 6 nitrogen and oxygen atoms in total. The minimum absolute atomic E-state index is 0.0132. The average Bonchev–Trinajstić information content (AvgIpc) is 3.57. The Morgan fingerprint density at radius 1 is 1.03 bits per heavy atom. The Balaban J connectivity index is 1.09. The molecule has 4 aromatic rings. The molecule has 10 heteroatoms. The van der Waals surface area contributed by atoms with E-state index in [0.717, 1.165) is 57.5 Å². The summed E-state index contributed by atoms with van der Waals surface area (Å²) in [5.74, 6) is 1.52. The number of benzene rings is 2. The maximum atomic E-state index is 13.2. The number of thiophene rings is 1. The maximum absolute atomic E-state index is 13.2. The summed E-state index contributed by atoms with van der Waals surface area (Å²) >= 11 is 15.7. The number of nitrogens with zero attached hydrogens (tertiary/aromatic N) is 3. The number of amides is 1. The Bertz CT molecular complexity index is 1400. The number of carbonyl (C=O) groups is 1. The molecule has 1 fully saturated rings. The molecule has 2 aliphatic heterocycles. The highest BCUT2D eigenvalue weighted by molar-refractivity contribution is 7.21. The summed E-state index contributed by atoms with van der Waals surface area (Å²) in [6.07, 6.45) is 0. The first-order valence-corrected chi connectivity index (χ1v) is 13.2. The Hall–Kier alpha value is -2.36. The Morgan fingerprint density at radius 3 is 2.71 bits per heavy atom. The molecule has 2 aromatic carbocycles. The topological polar surface area (TPSA) is 54.9 Å². The van der Waals surface area contributed by atoms with E-state index in [4.69, 9.17) is 37.7 Å². The fourth-order valence-electron chi connectivity index (χ4n) is 4.20. The van der Waals surface area contributed by atoms with Crippen molar-refractivity contribution in [2.45, 2.75) is 6.54 Å². The lowest BCUT2D eigenvalue weighted by molar-refractivity contribution is 0.0632. The van der Waals surface area contributed by atoms with Gasteiger partial charge in [0, 0.05) is 58.8 Å². The van der Waals surface area contributed by atoms with Crippen molar-refractivity contribution >= 4 is 61.9 Å². The van der Waals surface area contributed by atoms with Crippen molar-refractivity contribution < 1.29 is 14.3 Å². The molecule has 0 N–H and O–H groups in total. The van der Waals surface area contributed by atoms with Gasteiger partial charge in [-0.2, -0.15) is 0 Å². The highest BCUT2D eigenvalue weighted by Crippen LogP contribution is 2.38. The number of aromatic nitrogens is 1. The molecular weight excluding hydrogens is 513 g/mol. The van der Waals surface area contributed by atoms with Crippen molar-refractivity contribution in [3.8, 4) is 22.1 Å². The predicted molar refractivity (Wildman–Crippen MR) is 137 cm³/mol. The van der Waals surface area contributed by atoms with Crippen LogP contribution in [0.1, 0.15) is 15.4 Å². The monoisotopic (exact) mass is 531 g/mol. The van der Waals surface area contributed by atoms with E-state index in [0.29, 0.717) is 28.0 Å². The zero-order valence-corrected chi connectivity index (χ0v) is 21.1. The fourth-order valence-corrected chi connectivity index (χ4v) is 6.76. The van der Waals surface area contributed by atoms with E-state index in [1.165, 1.54) is 11.3 Å². The highest BCUT2D eigenvalue weighted by Gasteiger charge is 2.26. The van der Waals surface area contributed by atoms with Gasteiger partial charge in [0.05, 0.1) is 10.7 Å². The van der Waals surface area contributed by atoms with E-state index in [1.807, 2.05) is 35.2 Å². The first-order valence-electron chi connectivity index (χ1n) is 10.8. The first-order chi connectivity index (χ1) is 16.5. The van der Waals surface area contributed by atoms with E-state index in [1.54, 1.807) is 17.4 Å². The summed E-state index contributed by atoms with van der Waals surface area (Å²) in [4.78, 5) is 22.8. The number of ether oxygens (including phenoxy) is 2. The number of hydrogen-bond donors (Lipinski definition) is 0. The molecule has 0 aliphatic carbocycles. The largest absolute Gasteiger partial charge is 0.454 e. The zero-order chi connectivity index (χ0) is 23.2. The number of halogens is 2. The number of piperazine rings is 1. The lowest BCUT2D eigenvalue weighted by Gasteiger charge is -2.34. The van der Waals surface area contributed by atoms with Crippen molar-refractivity contribution in [3.05, 3.63) is 62.4 Å². The zero-order valence-electron chi connectivity index (χ0n) is 17.9. The Morgan fingerprint density at radius 2 is 1.85 bits per heavy atom. The molecule has 0 atom stereocenters. The molecule has 2 aliphatic rings. The van der Waals surface area contributed by atoms with Gasteiger partial charge >= 0.3 is 0 Å². The van der Waals surface area contributed by atoms with Gasteiger partial charge < -0.3 is 14.4 Å². The quantitative estimate of drug-likeness (QED) is 0.322. The second-order valence-corrected chi connectivity index (χ2v) is 10.9. The fraction of sp³-hybridized carbons (Fsp3) is 0.250. The van der Waals surface area contributed by atoms with E-state index in [9.17, 15) is 4.79 Å². The number of carbonyl (C=O) groups excluding carboxylic acids is 1. The highest BCUT2D eigenvalue weighted by atomic mass is 35.5. The van der Waals surface area contributed by atoms with Crippen LogP contribution in [0.5, 0.6) is 11.5 Å². The number of hydrogen-bond acceptors (Lipinski definition) is 7. The third-order valence-corrected chi connectivity index (χ3v) is 8.82. The van der Waals surface area contributed by atoms with Crippen LogP contribution in [0.25, 0.3) is 20.7 Å². The van der Waals surface area contributed by atoms with Gasteiger partial charge in [0.1, 0.15) is 9.88 Å². The molecule has 1 amide bonds. The van der Waals surface area contributed by atoms with Gasteiger partial charge in [0.25, 0.3) is 5.91 Å². The standard InChI is InChI=1S/C24H19Cl2N3O3S2/c25-15-2-3-17-20(10-15)34-22(21(17)26)24(30)29-7-5-28(6-8-29)11-16-12-33-23(27-16)14-1-4-18-19(9-14)32-13-31-18/h1-4,9-10,12H,5-8,11,13H2. The number of thiazole rings is 1. The number of fused-ring (bicyclic) bond motifs is 2. The summed E-state index contributed by atoms with van der Waals surface area (Å²) in [6, 6.07) is 11.4. The summed E-state index contributed by atoms with van der Waals surface area (Å²) < 4.78 is 11.8. The van der Waals surface area contributed by atoms with Crippen molar-refractivity contribution in [3.63, 3.8) is 0 Å². The molecule has 0 bridgehead atoms. The van der Waals surface area contributed by atoms with Crippen LogP contribution in [0.15, 0.2) is 41.8 Å². The van der Waals surface area contributed by atoms with Gasteiger partial charge in [0.2, 0.25) is 6.79 Å².